The van der Waals surface area contributed by atoms with Gasteiger partial charge >= 0.3 is 0 Å². The molecule has 2 aromatic rings. The van der Waals surface area contributed by atoms with Crippen molar-refractivity contribution < 1.29 is 0 Å². The van der Waals surface area contributed by atoms with E-state index in [1.165, 1.54) is 73.8 Å². The minimum atomic E-state index is -0.180. The number of fused-ring (bicyclic) bond motifs is 5. The van der Waals surface area contributed by atoms with Gasteiger partial charge in [0, 0.05) is 58.8 Å². The molecule has 324 valence electrons. The van der Waals surface area contributed by atoms with E-state index in [1.54, 1.807) is 28.1 Å². The average molecular weight is 842 g/mol. The number of rotatable bonds is 6. The molecule has 7 aliphatic carbocycles. The van der Waals surface area contributed by atoms with Crippen LogP contribution in [-0.2, 0) is 0 Å². The molecule has 11 atom stereocenters. The Balaban J connectivity index is 1.03. The van der Waals surface area contributed by atoms with Gasteiger partial charge in [0.15, 0.2) is 0 Å². The summed E-state index contributed by atoms with van der Waals surface area (Å²) >= 11 is 0. The van der Waals surface area contributed by atoms with Crippen LogP contribution in [0.25, 0.3) is 5.57 Å². The molecule has 0 aromatic heterocycles. The summed E-state index contributed by atoms with van der Waals surface area (Å²) in [6.07, 6.45) is 41.8. The summed E-state index contributed by atoms with van der Waals surface area (Å²) in [7, 11) is 0. The van der Waals surface area contributed by atoms with Crippen LogP contribution in [0.4, 0.5) is 5.69 Å². The van der Waals surface area contributed by atoms with E-state index in [1.807, 2.05) is 18.2 Å². The summed E-state index contributed by atoms with van der Waals surface area (Å²) in [4.78, 5) is 5.80. The van der Waals surface area contributed by atoms with Gasteiger partial charge in [-0.25, -0.2) is 0 Å². The predicted molar refractivity (Wildman–Crippen MR) is 257 cm³/mol. The molecule has 64 heavy (non-hydrogen) atoms. The summed E-state index contributed by atoms with van der Waals surface area (Å²) < 4.78 is 0. The Morgan fingerprint density at radius 3 is 2.48 bits per heavy atom. The van der Waals surface area contributed by atoms with Crippen LogP contribution >= 0.6 is 0 Å². The second-order valence-corrected chi connectivity index (χ2v) is 21.2. The third-order valence-corrected chi connectivity index (χ3v) is 17.5. The van der Waals surface area contributed by atoms with Gasteiger partial charge in [0.2, 0.25) is 0 Å². The van der Waals surface area contributed by atoms with E-state index in [9.17, 15) is 15.8 Å². The van der Waals surface area contributed by atoms with E-state index >= 15 is 0 Å². The quantitative estimate of drug-likeness (QED) is 0.271. The number of nitriles is 3. The fourth-order valence-corrected chi connectivity index (χ4v) is 14.7. The largest absolute Gasteiger partial charge is 0.358 e. The van der Waals surface area contributed by atoms with Gasteiger partial charge in [0.05, 0.1) is 41.3 Å². The minimum absolute atomic E-state index is 0.110. The van der Waals surface area contributed by atoms with E-state index in [2.05, 4.69) is 127 Å². The molecule has 0 bridgehead atoms. The van der Waals surface area contributed by atoms with Crippen molar-refractivity contribution >= 4 is 11.3 Å². The normalized spacial score (nSPS) is 35.1. The molecule has 2 aromatic carbocycles. The maximum absolute atomic E-state index is 10.2. The highest BCUT2D eigenvalue weighted by Crippen LogP contribution is 2.58. The van der Waals surface area contributed by atoms with Crippen molar-refractivity contribution in [3.8, 4) is 18.2 Å². The summed E-state index contributed by atoms with van der Waals surface area (Å²) in [5, 5.41) is 29.9. The molecule has 9 aliphatic rings. The molecule has 0 saturated heterocycles. The number of nitrogens with zero attached hydrogens (tertiary/aromatic N) is 5. The number of hydrogen-bond donors (Lipinski definition) is 0. The van der Waals surface area contributed by atoms with E-state index in [4.69, 9.17) is 0 Å². The van der Waals surface area contributed by atoms with Crippen molar-refractivity contribution in [2.75, 3.05) is 4.90 Å². The van der Waals surface area contributed by atoms with Gasteiger partial charge in [-0.05, 0) is 167 Å². The van der Waals surface area contributed by atoms with Crippen LogP contribution < -0.4 is 4.90 Å². The van der Waals surface area contributed by atoms with Gasteiger partial charge < -0.3 is 9.80 Å². The summed E-state index contributed by atoms with van der Waals surface area (Å²) in [5.74, 6) is 3.04. The molecule has 11 unspecified atom stereocenters. The molecular formula is C59H63N5. The molecule has 1 saturated carbocycles. The first-order valence-corrected chi connectivity index (χ1v) is 24.9. The van der Waals surface area contributed by atoms with Gasteiger partial charge in [0.1, 0.15) is 0 Å². The van der Waals surface area contributed by atoms with Crippen LogP contribution in [0, 0.1) is 75.4 Å². The third-order valence-electron chi connectivity index (χ3n) is 17.5. The van der Waals surface area contributed by atoms with Crippen LogP contribution in [-0.4, -0.2) is 22.5 Å². The Bertz CT molecular complexity index is 2590. The first kappa shape index (κ1) is 41.2. The van der Waals surface area contributed by atoms with E-state index in [0.29, 0.717) is 46.8 Å². The van der Waals surface area contributed by atoms with Gasteiger partial charge in [-0.1, -0.05) is 91.0 Å². The molecule has 0 radical (unpaired) electrons. The van der Waals surface area contributed by atoms with E-state index in [0.717, 1.165) is 50.9 Å². The fourth-order valence-electron chi connectivity index (χ4n) is 14.7. The lowest BCUT2D eigenvalue weighted by atomic mass is 9.62. The molecule has 2 heterocycles. The maximum atomic E-state index is 10.2. The van der Waals surface area contributed by atoms with E-state index in [-0.39, 0.29) is 23.4 Å². The standard InChI is InChI=1S/C59H63N5/c1-38-19-26-52-51-17-9-10-18-55(51)63(58(52)29-38)44-32-43(33-59(2,34-44)64-56-27-22-40(36-61)30-53(56)54-31-41(37-62)23-28-57(54)64)46-12-4-6-14-48(46)50-16-8-7-15-49(50)47-13-5-3-11-45(47)42-24-20-39(35-60)21-25-42/h3,6-8,11,14,16,20-25,27-28,30,32,38,41,43,46,48-49,52,54,57-58H,4-5,9-10,12-13,15,17-19,26,29,31,33-34H2,1-2H3. The van der Waals surface area contributed by atoms with Gasteiger partial charge in [-0.15, -0.1) is 0 Å². The SMILES string of the molecule is CC1CCC2C3=C(CCCC3)N(C3=CC(C4CCC=CC4C4=CC=CCC4C4=C(c5ccc(C#N)cc5)C=CCC4)CC(C)(N4c5ccc(C#N)cc5C5CC(C#N)C=CC54)C3)C2C1. The van der Waals surface area contributed by atoms with Crippen LogP contribution in [0.15, 0.2) is 131 Å². The van der Waals surface area contributed by atoms with Gasteiger partial charge in [0.25, 0.3) is 0 Å². The Morgan fingerprint density at radius 2 is 1.64 bits per heavy atom. The fraction of sp³-hybridized carbons (Fsp3) is 0.475. The zero-order valence-corrected chi connectivity index (χ0v) is 37.9. The van der Waals surface area contributed by atoms with Crippen molar-refractivity contribution in [2.24, 2.45) is 41.4 Å². The van der Waals surface area contributed by atoms with Crippen LogP contribution in [0.3, 0.4) is 0 Å². The van der Waals surface area contributed by atoms with Gasteiger partial charge in [-0.3, -0.25) is 0 Å². The number of hydrogen-bond acceptors (Lipinski definition) is 5. The second-order valence-electron chi connectivity index (χ2n) is 21.2. The first-order valence-electron chi connectivity index (χ1n) is 24.9. The molecule has 5 nitrogen and oxygen atoms in total. The second kappa shape index (κ2) is 16.8. The molecule has 0 spiro atoms. The van der Waals surface area contributed by atoms with Crippen molar-refractivity contribution in [3.05, 3.63) is 154 Å². The molecule has 11 rings (SSSR count). The lowest BCUT2D eigenvalue weighted by Crippen LogP contribution is -2.55. The number of anilines is 1. The zero-order valence-electron chi connectivity index (χ0n) is 37.9. The third kappa shape index (κ3) is 7.00. The lowest BCUT2D eigenvalue weighted by molar-refractivity contribution is 0.153. The van der Waals surface area contributed by atoms with Crippen molar-refractivity contribution in [1.29, 1.82) is 15.8 Å². The molecule has 5 heteroatoms. The summed E-state index contributed by atoms with van der Waals surface area (Å²) in [6, 6.07) is 22.8. The highest BCUT2D eigenvalue weighted by molar-refractivity contribution is 5.79. The smallest absolute Gasteiger partial charge is 0.0991 e. The van der Waals surface area contributed by atoms with E-state index < -0.39 is 0 Å². The van der Waals surface area contributed by atoms with Crippen LogP contribution in [0.2, 0.25) is 0 Å². The number of allylic oxidation sites excluding steroid dienone is 13. The molecule has 1 fully saturated rings. The first-order chi connectivity index (χ1) is 31.4. The number of benzene rings is 2. The Morgan fingerprint density at radius 1 is 0.797 bits per heavy atom. The predicted octanol–water partition coefficient (Wildman–Crippen LogP) is 13.7. The highest BCUT2D eigenvalue weighted by Gasteiger charge is 2.53. The monoisotopic (exact) mass is 842 g/mol. The Labute approximate surface area is 382 Å². The van der Waals surface area contributed by atoms with Crippen molar-refractivity contribution in [1.82, 2.24) is 4.90 Å². The Hall–Kier alpha value is -5.57. The zero-order chi connectivity index (χ0) is 43.5. The molecule has 2 aliphatic heterocycles. The van der Waals surface area contributed by atoms with Gasteiger partial charge in [-0.2, -0.15) is 15.8 Å². The van der Waals surface area contributed by atoms with Crippen molar-refractivity contribution in [2.45, 2.75) is 134 Å². The highest BCUT2D eigenvalue weighted by atomic mass is 15.3. The molecule has 0 N–H and O–H groups in total. The lowest BCUT2D eigenvalue weighted by Gasteiger charge is -2.53. The summed E-state index contributed by atoms with van der Waals surface area (Å²) in [6.45, 7) is 5.09. The van der Waals surface area contributed by atoms with Crippen molar-refractivity contribution in [3.63, 3.8) is 0 Å². The Kier molecular flexibility index (Phi) is 10.8. The maximum Gasteiger partial charge on any atom is 0.0991 e. The average Bonchev–Trinajstić information content (AvgIpc) is 3.85. The molecular weight excluding hydrogens is 779 g/mol. The molecule has 0 amide bonds. The topological polar surface area (TPSA) is 77.8 Å². The minimum Gasteiger partial charge on any atom is -0.358 e. The van der Waals surface area contributed by atoms with Crippen LogP contribution in [0.5, 0.6) is 0 Å². The van der Waals surface area contributed by atoms with Crippen LogP contribution in [0.1, 0.15) is 138 Å². The summed E-state index contributed by atoms with van der Waals surface area (Å²) in [5.41, 5.74) is 14.5.